The zero-order valence-corrected chi connectivity index (χ0v) is 11.1. The summed E-state index contributed by atoms with van der Waals surface area (Å²) in [6, 6.07) is 0. The summed E-state index contributed by atoms with van der Waals surface area (Å²) < 4.78 is 4.86. The van der Waals surface area contributed by atoms with E-state index in [0.29, 0.717) is 13.2 Å². The van der Waals surface area contributed by atoms with Gasteiger partial charge in [0.05, 0.1) is 5.41 Å². The number of hydrogen-bond acceptors (Lipinski definition) is 3. The Hall–Kier alpha value is -1.10. The zero-order valence-electron chi connectivity index (χ0n) is 11.1. The molecule has 0 saturated carbocycles. The molecule has 0 fully saturated rings. The van der Waals surface area contributed by atoms with E-state index in [-0.39, 0.29) is 18.2 Å². The quantitative estimate of drug-likeness (QED) is 0.632. The Morgan fingerprint density at radius 3 is 2.41 bits per heavy atom. The average molecular weight is 245 g/mol. The van der Waals surface area contributed by atoms with Gasteiger partial charge in [0.2, 0.25) is 5.91 Å². The van der Waals surface area contributed by atoms with Crippen molar-refractivity contribution in [1.82, 2.24) is 5.32 Å². The molecule has 0 heterocycles. The number of carbonyl (C=O) groups is 2. The van der Waals surface area contributed by atoms with Crippen LogP contribution < -0.4 is 5.32 Å². The van der Waals surface area contributed by atoms with Crippen molar-refractivity contribution in [2.24, 2.45) is 11.3 Å². The average Bonchev–Trinajstić information content (AvgIpc) is 2.23. The van der Waals surface area contributed by atoms with Crippen LogP contribution in [-0.4, -0.2) is 37.2 Å². The van der Waals surface area contributed by atoms with Crippen molar-refractivity contribution in [2.75, 3.05) is 20.3 Å². The molecule has 0 aromatic rings. The van der Waals surface area contributed by atoms with Gasteiger partial charge in [-0.2, -0.15) is 0 Å². The monoisotopic (exact) mass is 245 g/mol. The molecule has 1 atom stereocenters. The highest BCUT2D eigenvalue weighted by molar-refractivity contribution is 5.84. The van der Waals surface area contributed by atoms with Crippen molar-refractivity contribution in [1.29, 1.82) is 0 Å². The molecule has 5 nitrogen and oxygen atoms in total. The molecule has 1 amide bonds. The maximum absolute atomic E-state index is 11.6. The van der Waals surface area contributed by atoms with Crippen LogP contribution in [0.15, 0.2) is 0 Å². The smallest absolute Gasteiger partial charge is 0.310 e. The molecule has 0 aliphatic heterocycles. The number of hydrogen-bond donors (Lipinski definition) is 2. The van der Waals surface area contributed by atoms with Gasteiger partial charge in [0.1, 0.15) is 0 Å². The summed E-state index contributed by atoms with van der Waals surface area (Å²) in [5.41, 5.74) is -1.01. The summed E-state index contributed by atoms with van der Waals surface area (Å²) >= 11 is 0. The zero-order chi connectivity index (χ0) is 13.5. The normalized spacial score (nSPS) is 14.4. The molecule has 100 valence electrons. The Balaban J connectivity index is 4.20. The predicted octanol–water partition coefficient (Wildman–Crippen LogP) is 1.28. The lowest BCUT2D eigenvalue weighted by molar-refractivity contribution is -0.153. The molecule has 0 aromatic heterocycles. The van der Waals surface area contributed by atoms with Gasteiger partial charge in [-0.15, -0.1) is 0 Å². The molecule has 0 aromatic carbocycles. The fourth-order valence-electron chi connectivity index (χ4n) is 1.37. The molecule has 0 saturated heterocycles. The third kappa shape index (κ3) is 5.17. The predicted molar refractivity (Wildman–Crippen MR) is 64.7 cm³/mol. The Labute approximate surface area is 103 Å². The van der Waals surface area contributed by atoms with Gasteiger partial charge in [0.25, 0.3) is 0 Å². The van der Waals surface area contributed by atoms with Gasteiger partial charge in [-0.1, -0.05) is 13.8 Å². The molecule has 0 radical (unpaired) electrons. The lowest BCUT2D eigenvalue weighted by Crippen LogP contribution is -2.39. The minimum absolute atomic E-state index is 0.00693. The number of methoxy groups -OCH3 is 1. The van der Waals surface area contributed by atoms with Gasteiger partial charge >= 0.3 is 5.97 Å². The second-order valence-corrected chi connectivity index (χ2v) is 4.75. The number of amides is 1. The van der Waals surface area contributed by atoms with Crippen LogP contribution in [0.1, 0.15) is 33.6 Å². The van der Waals surface area contributed by atoms with Gasteiger partial charge in [0, 0.05) is 26.7 Å². The van der Waals surface area contributed by atoms with Gasteiger partial charge in [-0.05, 0) is 19.3 Å². The van der Waals surface area contributed by atoms with Crippen LogP contribution in [0.5, 0.6) is 0 Å². The van der Waals surface area contributed by atoms with Crippen LogP contribution in [0, 0.1) is 11.3 Å². The van der Waals surface area contributed by atoms with E-state index < -0.39 is 11.4 Å². The molecule has 2 N–H and O–H groups in total. The standard InChI is InChI=1S/C12H23NO4/c1-9(2)12(3,11(15)16)8-10(14)13-6-5-7-17-4/h9H,5-8H2,1-4H3,(H,13,14)(H,15,16). The van der Waals surface area contributed by atoms with Crippen LogP contribution in [0.3, 0.4) is 0 Å². The highest BCUT2D eigenvalue weighted by Gasteiger charge is 2.38. The van der Waals surface area contributed by atoms with E-state index in [1.807, 2.05) is 13.8 Å². The largest absolute Gasteiger partial charge is 0.481 e. The second kappa shape index (κ2) is 7.27. The summed E-state index contributed by atoms with van der Waals surface area (Å²) in [5, 5.41) is 11.9. The number of carboxylic acids is 1. The van der Waals surface area contributed by atoms with Crippen molar-refractivity contribution in [2.45, 2.75) is 33.6 Å². The summed E-state index contributed by atoms with van der Waals surface area (Å²) in [5.74, 6) is -1.25. The van der Waals surface area contributed by atoms with E-state index in [1.165, 1.54) is 0 Å². The molecule has 0 spiro atoms. The molecule has 17 heavy (non-hydrogen) atoms. The van der Waals surface area contributed by atoms with Crippen molar-refractivity contribution in [3.63, 3.8) is 0 Å². The number of nitrogens with one attached hydrogen (secondary N) is 1. The Morgan fingerprint density at radius 1 is 1.41 bits per heavy atom. The summed E-state index contributed by atoms with van der Waals surface area (Å²) in [6.45, 7) is 6.33. The fraction of sp³-hybridized carbons (Fsp3) is 0.833. The molecule has 0 aliphatic carbocycles. The lowest BCUT2D eigenvalue weighted by atomic mass is 9.76. The minimum Gasteiger partial charge on any atom is -0.481 e. The number of carboxylic acid groups (broad SMARTS) is 1. The molecule has 0 rings (SSSR count). The second-order valence-electron chi connectivity index (χ2n) is 4.75. The van der Waals surface area contributed by atoms with Gasteiger partial charge in [-0.3, -0.25) is 9.59 Å². The molecule has 1 unspecified atom stereocenters. The van der Waals surface area contributed by atoms with Crippen LogP contribution in [0.4, 0.5) is 0 Å². The first-order chi connectivity index (χ1) is 7.84. The van der Waals surface area contributed by atoms with Gasteiger partial charge < -0.3 is 15.2 Å². The van der Waals surface area contributed by atoms with E-state index in [4.69, 9.17) is 9.84 Å². The van der Waals surface area contributed by atoms with Gasteiger partial charge in [-0.25, -0.2) is 0 Å². The number of aliphatic carboxylic acids is 1. The third-order valence-electron chi connectivity index (χ3n) is 3.14. The molecular weight excluding hydrogens is 222 g/mol. The number of rotatable bonds is 8. The van der Waals surface area contributed by atoms with Crippen molar-refractivity contribution < 1.29 is 19.4 Å². The third-order valence-corrected chi connectivity index (χ3v) is 3.14. The van der Waals surface area contributed by atoms with Crippen molar-refractivity contribution >= 4 is 11.9 Å². The van der Waals surface area contributed by atoms with Gasteiger partial charge in [0.15, 0.2) is 0 Å². The topological polar surface area (TPSA) is 75.6 Å². The minimum atomic E-state index is -1.01. The van der Waals surface area contributed by atoms with Crippen LogP contribution >= 0.6 is 0 Å². The van der Waals surface area contributed by atoms with E-state index >= 15 is 0 Å². The van der Waals surface area contributed by atoms with E-state index in [9.17, 15) is 9.59 Å². The number of ether oxygens (including phenoxy) is 1. The first kappa shape index (κ1) is 15.9. The maximum atomic E-state index is 11.6. The maximum Gasteiger partial charge on any atom is 0.310 e. The Kier molecular flexibility index (Phi) is 6.80. The van der Waals surface area contributed by atoms with Crippen LogP contribution in [0.25, 0.3) is 0 Å². The Bertz CT molecular complexity index is 265. The summed E-state index contributed by atoms with van der Waals surface area (Å²) in [4.78, 5) is 22.8. The SMILES string of the molecule is COCCCNC(=O)CC(C)(C(=O)O)C(C)C. The van der Waals surface area contributed by atoms with Crippen LogP contribution in [0.2, 0.25) is 0 Å². The molecule has 5 heteroatoms. The van der Waals surface area contributed by atoms with Crippen LogP contribution in [-0.2, 0) is 14.3 Å². The summed E-state index contributed by atoms with van der Waals surface area (Å²) in [7, 11) is 1.60. The van der Waals surface area contributed by atoms with Crippen molar-refractivity contribution in [3.05, 3.63) is 0 Å². The highest BCUT2D eigenvalue weighted by Crippen LogP contribution is 2.31. The van der Waals surface area contributed by atoms with E-state index in [1.54, 1.807) is 14.0 Å². The fourth-order valence-corrected chi connectivity index (χ4v) is 1.37. The first-order valence-corrected chi connectivity index (χ1v) is 5.83. The molecular formula is C12H23NO4. The van der Waals surface area contributed by atoms with E-state index in [2.05, 4.69) is 5.32 Å². The number of carbonyl (C=O) groups excluding carboxylic acids is 1. The molecule has 0 bridgehead atoms. The van der Waals surface area contributed by atoms with E-state index in [0.717, 1.165) is 6.42 Å². The highest BCUT2D eigenvalue weighted by atomic mass is 16.5. The summed E-state index contributed by atoms with van der Waals surface area (Å²) in [6.07, 6.45) is 0.737. The Morgan fingerprint density at radius 2 is 2.00 bits per heavy atom. The molecule has 0 aliphatic rings. The lowest BCUT2D eigenvalue weighted by Gasteiger charge is -2.28. The van der Waals surface area contributed by atoms with Crippen molar-refractivity contribution in [3.8, 4) is 0 Å². The first-order valence-electron chi connectivity index (χ1n) is 5.83.